The van der Waals surface area contributed by atoms with Crippen LogP contribution in [0.4, 0.5) is 0 Å². The molecule has 208 valence electrons. The summed E-state index contributed by atoms with van der Waals surface area (Å²) in [5.74, 6) is -0.0156. The summed E-state index contributed by atoms with van der Waals surface area (Å²) in [6, 6.07) is 19.1. The lowest BCUT2D eigenvalue weighted by Crippen LogP contribution is -2.53. The highest BCUT2D eigenvalue weighted by Gasteiger charge is 2.33. The first-order valence-electron chi connectivity index (χ1n) is 13.4. The number of likely N-dealkylation sites (N-methyl/N-ethyl adjacent to an activating group) is 1. The van der Waals surface area contributed by atoms with Crippen LogP contribution in [0.15, 0.2) is 71.6 Å². The third-order valence-electron chi connectivity index (χ3n) is 7.36. The first-order valence-corrected chi connectivity index (χ1v) is 14.8. The predicted octanol–water partition coefficient (Wildman–Crippen LogP) is 4.34. The van der Waals surface area contributed by atoms with Crippen LogP contribution < -0.4 is 10.1 Å². The van der Waals surface area contributed by atoms with E-state index in [0.29, 0.717) is 12.2 Å². The van der Waals surface area contributed by atoms with Crippen molar-refractivity contribution in [1.82, 2.24) is 14.5 Å². The quantitative estimate of drug-likeness (QED) is 0.383. The SMILES string of the molecule is CC[C@@H](C(=O)NC1CCCC1)N(Cc1cccc(OC)c1)C(=O)CN(C)S(=O)(=O)c1ccc2ccccc2c1. The van der Waals surface area contributed by atoms with Crippen molar-refractivity contribution >= 4 is 32.6 Å². The van der Waals surface area contributed by atoms with E-state index in [1.165, 1.54) is 11.9 Å². The van der Waals surface area contributed by atoms with Gasteiger partial charge in [-0.25, -0.2) is 8.42 Å². The van der Waals surface area contributed by atoms with E-state index in [-0.39, 0.29) is 23.4 Å². The number of nitrogens with zero attached hydrogens (tertiary/aromatic N) is 2. The van der Waals surface area contributed by atoms with Crippen LogP contribution in [0.5, 0.6) is 5.75 Å². The van der Waals surface area contributed by atoms with Gasteiger partial charge in [-0.2, -0.15) is 4.31 Å². The van der Waals surface area contributed by atoms with Crippen molar-refractivity contribution < 1.29 is 22.7 Å². The Bertz CT molecular complexity index is 1420. The van der Waals surface area contributed by atoms with Gasteiger partial charge in [0, 0.05) is 19.6 Å². The number of carbonyl (C=O) groups is 2. The summed E-state index contributed by atoms with van der Waals surface area (Å²) < 4.78 is 33.3. The van der Waals surface area contributed by atoms with Gasteiger partial charge in [0.25, 0.3) is 0 Å². The van der Waals surface area contributed by atoms with E-state index in [1.54, 1.807) is 25.3 Å². The maximum Gasteiger partial charge on any atom is 0.243 e. The van der Waals surface area contributed by atoms with Crippen LogP contribution in [-0.4, -0.2) is 62.2 Å². The van der Waals surface area contributed by atoms with E-state index < -0.39 is 28.5 Å². The number of methoxy groups -OCH3 is 1. The molecule has 0 aliphatic heterocycles. The molecular formula is C30H37N3O5S. The largest absolute Gasteiger partial charge is 0.497 e. The van der Waals surface area contributed by atoms with Crippen LogP contribution in [0.3, 0.4) is 0 Å². The van der Waals surface area contributed by atoms with E-state index in [0.717, 1.165) is 46.3 Å². The second kappa shape index (κ2) is 12.6. The third kappa shape index (κ3) is 6.78. The monoisotopic (exact) mass is 551 g/mol. The van der Waals surface area contributed by atoms with E-state index in [1.807, 2.05) is 55.5 Å². The molecule has 9 heteroatoms. The van der Waals surface area contributed by atoms with Crippen LogP contribution in [-0.2, 0) is 26.2 Å². The van der Waals surface area contributed by atoms with Gasteiger partial charge in [-0.15, -0.1) is 0 Å². The Labute approximate surface area is 231 Å². The van der Waals surface area contributed by atoms with Crippen molar-refractivity contribution in [2.75, 3.05) is 20.7 Å². The number of sulfonamides is 1. The van der Waals surface area contributed by atoms with Gasteiger partial charge in [0.1, 0.15) is 11.8 Å². The Morgan fingerprint density at radius 3 is 2.41 bits per heavy atom. The van der Waals surface area contributed by atoms with Crippen LogP contribution in [0.25, 0.3) is 10.8 Å². The molecule has 1 aliphatic rings. The number of hydrogen-bond acceptors (Lipinski definition) is 5. The molecule has 39 heavy (non-hydrogen) atoms. The molecular weight excluding hydrogens is 514 g/mol. The Hall–Kier alpha value is -3.43. The van der Waals surface area contributed by atoms with E-state index in [9.17, 15) is 18.0 Å². The molecule has 0 unspecified atom stereocenters. The number of rotatable bonds is 11. The highest BCUT2D eigenvalue weighted by atomic mass is 32.2. The maximum absolute atomic E-state index is 13.8. The highest BCUT2D eigenvalue weighted by molar-refractivity contribution is 7.89. The molecule has 2 amide bonds. The summed E-state index contributed by atoms with van der Waals surface area (Å²) in [6.45, 7) is 1.61. The van der Waals surface area contributed by atoms with Crippen molar-refractivity contribution in [3.63, 3.8) is 0 Å². The summed E-state index contributed by atoms with van der Waals surface area (Å²) in [5, 5.41) is 4.84. The molecule has 1 atom stereocenters. The first kappa shape index (κ1) is 28.6. The average Bonchev–Trinajstić information content (AvgIpc) is 3.45. The minimum Gasteiger partial charge on any atom is -0.497 e. The van der Waals surface area contributed by atoms with Crippen molar-refractivity contribution in [3.05, 3.63) is 72.3 Å². The third-order valence-corrected chi connectivity index (χ3v) is 9.16. The summed E-state index contributed by atoms with van der Waals surface area (Å²) >= 11 is 0. The zero-order valence-electron chi connectivity index (χ0n) is 22.8. The molecule has 0 spiro atoms. The summed E-state index contributed by atoms with van der Waals surface area (Å²) in [5.41, 5.74) is 0.787. The van der Waals surface area contributed by atoms with Gasteiger partial charge in [0.05, 0.1) is 18.6 Å². The second-order valence-electron chi connectivity index (χ2n) is 10.1. The van der Waals surface area contributed by atoms with Crippen LogP contribution in [0, 0.1) is 0 Å². The number of fused-ring (bicyclic) bond motifs is 1. The molecule has 0 radical (unpaired) electrons. The molecule has 0 aromatic heterocycles. The summed E-state index contributed by atoms with van der Waals surface area (Å²) in [7, 11) is -0.986. The smallest absolute Gasteiger partial charge is 0.243 e. The summed E-state index contributed by atoms with van der Waals surface area (Å²) in [6.07, 6.45) is 4.41. The molecule has 1 fully saturated rings. The van der Waals surface area contributed by atoms with Crippen LogP contribution in [0.1, 0.15) is 44.6 Å². The highest BCUT2D eigenvalue weighted by Crippen LogP contribution is 2.23. The number of amides is 2. The fourth-order valence-electron chi connectivity index (χ4n) is 5.13. The average molecular weight is 552 g/mol. The Morgan fingerprint density at radius 1 is 1.00 bits per heavy atom. The fourth-order valence-corrected chi connectivity index (χ4v) is 6.28. The molecule has 1 aliphatic carbocycles. The van der Waals surface area contributed by atoms with Crippen molar-refractivity contribution in [2.24, 2.45) is 0 Å². The zero-order chi connectivity index (χ0) is 28.0. The van der Waals surface area contributed by atoms with Gasteiger partial charge in [0.2, 0.25) is 21.8 Å². The molecule has 1 saturated carbocycles. The fraction of sp³-hybridized carbons (Fsp3) is 0.400. The topological polar surface area (TPSA) is 96.0 Å². The lowest BCUT2D eigenvalue weighted by Gasteiger charge is -2.32. The predicted molar refractivity (Wildman–Crippen MR) is 152 cm³/mol. The number of carbonyl (C=O) groups excluding carboxylic acids is 2. The van der Waals surface area contributed by atoms with E-state index in [4.69, 9.17) is 4.74 Å². The Morgan fingerprint density at radius 2 is 1.72 bits per heavy atom. The normalized spacial score (nSPS) is 14.9. The molecule has 0 bridgehead atoms. The van der Waals surface area contributed by atoms with Gasteiger partial charge >= 0.3 is 0 Å². The zero-order valence-corrected chi connectivity index (χ0v) is 23.6. The van der Waals surface area contributed by atoms with E-state index >= 15 is 0 Å². The molecule has 3 aromatic rings. The number of nitrogens with one attached hydrogen (secondary N) is 1. The lowest BCUT2D eigenvalue weighted by atomic mass is 10.1. The molecule has 8 nitrogen and oxygen atoms in total. The van der Waals surface area contributed by atoms with Crippen LogP contribution >= 0.6 is 0 Å². The number of benzene rings is 3. The minimum atomic E-state index is -3.95. The molecule has 4 rings (SSSR count). The molecule has 3 aromatic carbocycles. The van der Waals surface area contributed by atoms with Gasteiger partial charge in [0.15, 0.2) is 0 Å². The van der Waals surface area contributed by atoms with Gasteiger partial charge in [-0.3, -0.25) is 9.59 Å². The van der Waals surface area contributed by atoms with E-state index in [2.05, 4.69) is 5.32 Å². The number of hydrogen-bond donors (Lipinski definition) is 1. The lowest BCUT2D eigenvalue weighted by molar-refractivity contribution is -0.141. The van der Waals surface area contributed by atoms with Gasteiger partial charge in [-0.05, 0) is 59.9 Å². The molecule has 1 N–H and O–H groups in total. The van der Waals surface area contributed by atoms with Crippen LogP contribution in [0.2, 0.25) is 0 Å². The molecule has 0 heterocycles. The van der Waals surface area contributed by atoms with Crippen molar-refractivity contribution in [1.29, 1.82) is 0 Å². The summed E-state index contributed by atoms with van der Waals surface area (Å²) in [4.78, 5) is 28.7. The van der Waals surface area contributed by atoms with Crippen molar-refractivity contribution in [2.45, 2.75) is 62.6 Å². The number of ether oxygens (including phenoxy) is 1. The maximum atomic E-state index is 13.8. The Kier molecular flexibility index (Phi) is 9.24. The second-order valence-corrected chi connectivity index (χ2v) is 12.1. The van der Waals surface area contributed by atoms with Gasteiger partial charge in [-0.1, -0.05) is 62.2 Å². The standard InChI is InChI=1S/C30H37N3O5S/c1-4-28(30(35)31-25-13-7-8-14-25)33(20-22-10-9-15-26(18-22)38-3)29(34)21-32(2)39(36,37)27-17-16-23-11-5-6-12-24(23)19-27/h5-6,9-12,15-19,25,28H,4,7-8,13-14,20-21H2,1-3H3,(H,31,35)/t28-/m0/s1. The van der Waals surface area contributed by atoms with Gasteiger partial charge < -0.3 is 15.0 Å². The Balaban J connectivity index is 1.58. The minimum absolute atomic E-state index is 0.108. The molecule has 0 saturated heterocycles. The first-order chi connectivity index (χ1) is 18.7. The van der Waals surface area contributed by atoms with Crippen molar-refractivity contribution in [3.8, 4) is 5.75 Å².